The molecule has 0 bridgehead atoms. The van der Waals surface area contributed by atoms with E-state index in [0.29, 0.717) is 0 Å². The highest BCUT2D eigenvalue weighted by Gasteiger charge is 2.35. The lowest BCUT2D eigenvalue weighted by atomic mass is 9.94. The molecule has 0 aromatic heterocycles. The molecular formula is C36H37BrN4O6S. The van der Waals surface area contributed by atoms with Crippen LogP contribution in [0.3, 0.4) is 0 Å². The van der Waals surface area contributed by atoms with Gasteiger partial charge >= 0.3 is 0 Å². The maximum absolute atomic E-state index is 14.6. The van der Waals surface area contributed by atoms with Crippen molar-refractivity contribution in [1.29, 1.82) is 0 Å². The van der Waals surface area contributed by atoms with Crippen LogP contribution < -0.4 is 9.62 Å². The third-order valence-corrected chi connectivity index (χ3v) is 10.8. The van der Waals surface area contributed by atoms with Gasteiger partial charge in [0, 0.05) is 35.6 Å². The summed E-state index contributed by atoms with van der Waals surface area (Å²) in [7, 11) is -4.31. The molecule has 12 heteroatoms. The van der Waals surface area contributed by atoms with Gasteiger partial charge in [-0.25, -0.2) is 8.42 Å². The molecule has 1 atom stereocenters. The van der Waals surface area contributed by atoms with Gasteiger partial charge in [-0.2, -0.15) is 0 Å². The smallest absolute Gasteiger partial charge is 0.269 e. The first-order chi connectivity index (χ1) is 23.1. The second-order valence-corrected chi connectivity index (χ2v) is 14.6. The van der Waals surface area contributed by atoms with Crippen molar-refractivity contribution < 1.29 is 22.9 Å². The van der Waals surface area contributed by atoms with Crippen LogP contribution in [0.25, 0.3) is 0 Å². The largest absolute Gasteiger partial charge is 0.352 e. The third-order valence-electron chi connectivity index (χ3n) is 8.45. The number of non-ortho nitro benzene ring substituents is 1. The van der Waals surface area contributed by atoms with Crippen LogP contribution in [0.2, 0.25) is 0 Å². The maximum Gasteiger partial charge on any atom is 0.269 e. The van der Waals surface area contributed by atoms with Gasteiger partial charge in [0.15, 0.2) is 0 Å². The number of carbonyl (C=O) groups excluding carboxylic acids is 2. The molecule has 10 nitrogen and oxygen atoms in total. The fourth-order valence-electron chi connectivity index (χ4n) is 5.87. The summed E-state index contributed by atoms with van der Waals surface area (Å²) in [5.74, 6) is -0.903. The summed E-state index contributed by atoms with van der Waals surface area (Å²) in [6.07, 6.45) is 5.06. The molecule has 0 heterocycles. The molecule has 4 aromatic rings. The summed E-state index contributed by atoms with van der Waals surface area (Å²) >= 11 is 3.45. The molecule has 48 heavy (non-hydrogen) atoms. The van der Waals surface area contributed by atoms with E-state index < -0.39 is 33.4 Å². The number of rotatable bonds is 13. The van der Waals surface area contributed by atoms with E-state index in [0.717, 1.165) is 52.0 Å². The predicted octanol–water partition coefficient (Wildman–Crippen LogP) is 6.64. The van der Waals surface area contributed by atoms with Gasteiger partial charge in [0.1, 0.15) is 12.6 Å². The van der Waals surface area contributed by atoms with E-state index in [9.17, 15) is 28.1 Å². The number of sulfonamides is 1. The normalized spacial score (nSPS) is 14.1. The van der Waals surface area contributed by atoms with Crippen molar-refractivity contribution in [2.24, 2.45) is 0 Å². The second-order valence-electron chi connectivity index (χ2n) is 11.8. The number of amides is 2. The first kappa shape index (κ1) is 34.8. The molecule has 2 amide bonds. The topological polar surface area (TPSA) is 130 Å². The van der Waals surface area contributed by atoms with E-state index in [1.54, 1.807) is 18.2 Å². The van der Waals surface area contributed by atoms with Gasteiger partial charge in [0.2, 0.25) is 11.8 Å². The molecule has 1 saturated carbocycles. The van der Waals surface area contributed by atoms with Crippen LogP contribution in [0.15, 0.2) is 119 Å². The number of carbonyl (C=O) groups is 2. The molecule has 1 N–H and O–H groups in total. The minimum absolute atomic E-state index is 0.00998. The molecule has 0 aliphatic heterocycles. The molecule has 5 rings (SSSR count). The Labute approximate surface area is 289 Å². The number of hydrogen-bond acceptors (Lipinski definition) is 6. The molecule has 0 spiro atoms. The molecule has 0 radical (unpaired) electrons. The number of nitro groups is 1. The lowest BCUT2D eigenvalue weighted by Crippen LogP contribution is -2.55. The van der Waals surface area contributed by atoms with Crippen LogP contribution in [-0.4, -0.2) is 48.7 Å². The Bertz CT molecular complexity index is 1800. The molecule has 1 aliphatic rings. The quantitative estimate of drug-likeness (QED) is 0.121. The van der Waals surface area contributed by atoms with Gasteiger partial charge in [-0.05, 0) is 60.4 Å². The van der Waals surface area contributed by atoms with Crippen LogP contribution in [0, 0.1) is 10.1 Å². The summed E-state index contributed by atoms with van der Waals surface area (Å²) < 4.78 is 30.0. The van der Waals surface area contributed by atoms with E-state index in [-0.39, 0.29) is 41.2 Å². The molecule has 0 saturated heterocycles. The molecular weight excluding hydrogens is 696 g/mol. The van der Waals surface area contributed by atoms with Gasteiger partial charge < -0.3 is 10.2 Å². The zero-order valence-electron chi connectivity index (χ0n) is 26.3. The molecule has 250 valence electrons. The molecule has 1 aliphatic carbocycles. The van der Waals surface area contributed by atoms with Crippen LogP contribution in [-0.2, 0) is 32.6 Å². The van der Waals surface area contributed by atoms with Crippen molar-refractivity contribution in [3.8, 4) is 0 Å². The van der Waals surface area contributed by atoms with E-state index in [1.807, 2.05) is 54.6 Å². The summed E-state index contributed by atoms with van der Waals surface area (Å²) in [6, 6.07) is 28.5. The Morgan fingerprint density at radius 3 is 2.04 bits per heavy atom. The van der Waals surface area contributed by atoms with Crippen molar-refractivity contribution in [3.05, 3.63) is 135 Å². The average Bonchev–Trinajstić information content (AvgIpc) is 3.10. The minimum Gasteiger partial charge on any atom is -0.352 e. The monoisotopic (exact) mass is 732 g/mol. The van der Waals surface area contributed by atoms with E-state index in [4.69, 9.17) is 0 Å². The van der Waals surface area contributed by atoms with Crippen molar-refractivity contribution >= 4 is 49.1 Å². The Morgan fingerprint density at radius 1 is 0.833 bits per heavy atom. The highest BCUT2D eigenvalue weighted by atomic mass is 79.9. The van der Waals surface area contributed by atoms with Crippen molar-refractivity contribution in [2.75, 3.05) is 10.8 Å². The van der Waals surface area contributed by atoms with Gasteiger partial charge in [0.05, 0.1) is 15.5 Å². The second kappa shape index (κ2) is 16.0. The number of hydrogen-bond donors (Lipinski definition) is 1. The number of nitrogens with one attached hydrogen (secondary N) is 1. The van der Waals surface area contributed by atoms with Gasteiger partial charge in [-0.3, -0.25) is 24.0 Å². The summed E-state index contributed by atoms with van der Waals surface area (Å²) in [4.78, 5) is 41.0. The Morgan fingerprint density at radius 2 is 1.44 bits per heavy atom. The van der Waals surface area contributed by atoms with Crippen LogP contribution >= 0.6 is 15.9 Å². The van der Waals surface area contributed by atoms with E-state index >= 15 is 0 Å². The van der Waals surface area contributed by atoms with E-state index in [1.165, 1.54) is 41.3 Å². The van der Waals surface area contributed by atoms with E-state index in [2.05, 4.69) is 21.2 Å². The number of anilines is 1. The lowest BCUT2D eigenvalue weighted by molar-refractivity contribution is -0.384. The zero-order chi connectivity index (χ0) is 34.1. The first-order valence-electron chi connectivity index (χ1n) is 15.8. The molecule has 4 aromatic carbocycles. The predicted molar refractivity (Wildman–Crippen MR) is 188 cm³/mol. The van der Waals surface area contributed by atoms with Gasteiger partial charge in [0.25, 0.3) is 15.7 Å². The Kier molecular flexibility index (Phi) is 11.6. The summed E-state index contributed by atoms with van der Waals surface area (Å²) in [5, 5.41) is 14.6. The number of nitrogens with zero attached hydrogens (tertiary/aromatic N) is 3. The highest BCUT2D eigenvalue weighted by molar-refractivity contribution is 9.10. The lowest BCUT2D eigenvalue weighted by Gasteiger charge is -2.35. The minimum atomic E-state index is -4.31. The summed E-state index contributed by atoms with van der Waals surface area (Å²) in [6.45, 7) is -0.602. The zero-order valence-corrected chi connectivity index (χ0v) is 28.7. The SMILES string of the molecule is O=C(NC1CCCCC1)C(Cc1ccccc1)N(Cc1ccc(Br)cc1)C(=O)CN(c1ccc([N+](=O)[O-])cc1)S(=O)(=O)c1ccccc1. The van der Waals surface area contributed by atoms with Gasteiger partial charge in [-0.1, -0.05) is 95.9 Å². The molecule has 1 unspecified atom stereocenters. The van der Waals surface area contributed by atoms with Crippen molar-refractivity contribution in [3.63, 3.8) is 0 Å². The average molecular weight is 734 g/mol. The Hall–Kier alpha value is -4.55. The maximum atomic E-state index is 14.6. The van der Waals surface area contributed by atoms with Crippen LogP contribution in [0.5, 0.6) is 0 Å². The van der Waals surface area contributed by atoms with Gasteiger partial charge in [-0.15, -0.1) is 0 Å². The van der Waals surface area contributed by atoms with Crippen molar-refractivity contribution in [1.82, 2.24) is 10.2 Å². The number of nitro benzene ring substituents is 1. The number of halogens is 1. The first-order valence-corrected chi connectivity index (χ1v) is 18.1. The van der Waals surface area contributed by atoms with Crippen LogP contribution in [0.1, 0.15) is 43.2 Å². The Balaban J connectivity index is 1.56. The molecule has 1 fully saturated rings. The fourth-order valence-corrected chi connectivity index (χ4v) is 7.57. The van der Waals surface area contributed by atoms with Crippen molar-refractivity contribution in [2.45, 2.75) is 62.0 Å². The fraction of sp³-hybridized carbons (Fsp3) is 0.278. The summed E-state index contributed by atoms with van der Waals surface area (Å²) in [5.41, 5.74) is 1.45. The highest BCUT2D eigenvalue weighted by Crippen LogP contribution is 2.27. The standard InChI is InChI=1S/C36H37BrN4O6S/c37-29-18-16-28(17-19-29)25-39(34(24-27-10-4-1-5-11-27)36(43)38-30-12-6-2-7-13-30)35(42)26-40(31-20-22-32(23-21-31)41(44)45)48(46,47)33-14-8-3-9-15-33/h1,3-5,8-11,14-23,30,34H,2,6-7,12-13,24-26H2,(H,38,43). The van der Waals surface area contributed by atoms with Crippen LogP contribution in [0.4, 0.5) is 11.4 Å². The number of benzene rings is 4. The third kappa shape index (κ3) is 8.87.